The van der Waals surface area contributed by atoms with Crippen molar-refractivity contribution in [1.29, 1.82) is 0 Å². The van der Waals surface area contributed by atoms with Gasteiger partial charge in [-0.05, 0) is 39.3 Å². The molecule has 132 valence electrons. The van der Waals surface area contributed by atoms with E-state index < -0.39 is 5.60 Å². The summed E-state index contributed by atoms with van der Waals surface area (Å²) in [6.45, 7) is 9.25. The molecule has 24 heavy (non-hydrogen) atoms. The highest BCUT2D eigenvalue weighted by Crippen LogP contribution is 2.21. The molecule has 7 heteroatoms. The number of rotatable bonds is 7. The molecule has 0 aliphatic rings. The van der Waals surface area contributed by atoms with Gasteiger partial charge in [0.1, 0.15) is 22.1 Å². The minimum Gasteiger partial charge on any atom is -0.463 e. The molecule has 1 atom stereocenters. The summed E-state index contributed by atoms with van der Waals surface area (Å²) in [4.78, 5) is 10.2. The van der Waals surface area contributed by atoms with E-state index in [2.05, 4.69) is 27.5 Å². The molecule has 2 aromatic rings. The number of hydrogen-bond donors (Lipinski definition) is 3. The molecule has 0 saturated heterocycles. The van der Waals surface area contributed by atoms with Gasteiger partial charge in [-0.15, -0.1) is 11.3 Å². The van der Waals surface area contributed by atoms with E-state index in [4.69, 9.17) is 4.42 Å². The lowest BCUT2D eigenvalue weighted by molar-refractivity contribution is 0.0378. The number of hydrogen-bond acceptors (Lipinski definition) is 5. The Morgan fingerprint density at radius 1 is 1.38 bits per heavy atom. The third-order valence-electron chi connectivity index (χ3n) is 3.54. The summed E-state index contributed by atoms with van der Waals surface area (Å²) in [5, 5.41) is 17.9. The van der Waals surface area contributed by atoms with Crippen molar-refractivity contribution < 1.29 is 9.52 Å². The first-order chi connectivity index (χ1) is 11.4. The summed E-state index contributed by atoms with van der Waals surface area (Å²) in [6.07, 6.45) is 2.89. The van der Waals surface area contributed by atoms with Gasteiger partial charge in [-0.1, -0.05) is 6.92 Å². The van der Waals surface area contributed by atoms with Crippen LogP contribution in [0.15, 0.2) is 27.7 Å². The van der Waals surface area contributed by atoms with Crippen LogP contribution in [0, 0.1) is 6.92 Å². The van der Waals surface area contributed by atoms with Crippen LogP contribution < -0.4 is 10.6 Å². The van der Waals surface area contributed by atoms with E-state index in [1.807, 2.05) is 26.1 Å². The first-order valence-corrected chi connectivity index (χ1v) is 9.01. The first-order valence-electron chi connectivity index (χ1n) is 8.19. The molecule has 0 aliphatic heterocycles. The van der Waals surface area contributed by atoms with E-state index in [0.717, 1.165) is 23.7 Å². The van der Waals surface area contributed by atoms with Gasteiger partial charge < -0.3 is 20.2 Å². The number of aliphatic hydroxyl groups is 1. The molecule has 1 unspecified atom stereocenters. The predicted octanol–water partition coefficient (Wildman–Crippen LogP) is 2.57. The summed E-state index contributed by atoms with van der Waals surface area (Å²) < 4.78 is 5.53. The van der Waals surface area contributed by atoms with Crippen LogP contribution in [0.1, 0.15) is 42.2 Å². The van der Waals surface area contributed by atoms with Gasteiger partial charge in [-0.25, -0.2) is 9.98 Å². The zero-order chi connectivity index (χ0) is 17.6. The van der Waals surface area contributed by atoms with Crippen LogP contribution >= 0.6 is 11.3 Å². The van der Waals surface area contributed by atoms with Crippen LogP contribution in [-0.2, 0) is 18.6 Å². The van der Waals surface area contributed by atoms with Crippen molar-refractivity contribution >= 4 is 17.3 Å². The number of thiazole rings is 1. The van der Waals surface area contributed by atoms with E-state index in [1.165, 1.54) is 4.88 Å². The fraction of sp³-hybridized carbons (Fsp3) is 0.529. The molecule has 3 N–H and O–H groups in total. The molecular formula is C17H26N4O2S. The van der Waals surface area contributed by atoms with Gasteiger partial charge in [-0.2, -0.15) is 0 Å². The maximum atomic E-state index is 10.6. The Balaban J connectivity index is 1.98. The Hall–Kier alpha value is -1.86. The molecule has 0 spiro atoms. The lowest BCUT2D eigenvalue weighted by atomic mass is 10.0. The van der Waals surface area contributed by atoms with Gasteiger partial charge in [0, 0.05) is 17.6 Å². The Morgan fingerprint density at radius 2 is 2.17 bits per heavy atom. The second kappa shape index (κ2) is 8.30. The van der Waals surface area contributed by atoms with Crippen molar-refractivity contribution in [1.82, 2.24) is 15.6 Å². The maximum absolute atomic E-state index is 10.6. The smallest absolute Gasteiger partial charge is 0.191 e. The third-order valence-corrected chi connectivity index (χ3v) is 4.66. The van der Waals surface area contributed by atoms with Crippen LogP contribution in [0.4, 0.5) is 0 Å². The van der Waals surface area contributed by atoms with Crippen LogP contribution in [0.25, 0.3) is 0 Å². The fourth-order valence-electron chi connectivity index (χ4n) is 2.14. The van der Waals surface area contributed by atoms with Crippen molar-refractivity contribution in [3.8, 4) is 0 Å². The van der Waals surface area contributed by atoms with Crippen LogP contribution in [0.3, 0.4) is 0 Å². The average Bonchev–Trinajstić information content (AvgIpc) is 3.19. The van der Waals surface area contributed by atoms with E-state index in [9.17, 15) is 5.11 Å². The maximum Gasteiger partial charge on any atom is 0.191 e. The summed E-state index contributed by atoms with van der Waals surface area (Å²) in [5.74, 6) is 1.96. The quantitative estimate of drug-likeness (QED) is 0.528. The van der Waals surface area contributed by atoms with Gasteiger partial charge in [0.2, 0.25) is 0 Å². The Kier molecular flexibility index (Phi) is 6.39. The number of nitrogens with one attached hydrogen (secondary N) is 2. The summed E-state index contributed by atoms with van der Waals surface area (Å²) >= 11 is 1.68. The molecule has 2 heterocycles. The Labute approximate surface area is 147 Å². The highest BCUT2D eigenvalue weighted by Gasteiger charge is 2.27. The minimum absolute atomic E-state index is 0.296. The molecule has 0 aliphatic carbocycles. The second-order valence-corrected chi connectivity index (χ2v) is 7.01. The number of aryl methyl sites for hydroxylation is 2. The summed E-state index contributed by atoms with van der Waals surface area (Å²) in [6, 6.07) is 3.64. The molecule has 0 fully saturated rings. The summed E-state index contributed by atoms with van der Waals surface area (Å²) in [5.41, 5.74) is -1.11. The molecule has 0 amide bonds. The minimum atomic E-state index is -1.11. The van der Waals surface area contributed by atoms with E-state index >= 15 is 0 Å². The Bertz CT molecular complexity index is 676. The van der Waals surface area contributed by atoms with Crippen molar-refractivity contribution in [3.05, 3.63) is 39.7 Å². The highest BCUT2D eigenvalue weighted by atomic mass is 32.1. The lowest BCUT2D eigenvalue weighted by Gasteiger charge is -2.22. The van der Waals surface area contributed by atoms with E-state index in [1.54, 1.807) is 24.3 Å². The van der Waals surface area contributed by atoms with Crippen LogP contribution in [0.2, 0.25) is 0 Å². The van der Waals surface area contributed by atoms with Crippen molar-refractivity contribution in [3.63, 3.8) is 0 Å². The second-order valence-electron chi connectivity index (χ2n) is 5.81. The molecule has 0 radical (unpaired) electrons. The zero-order valence-corrected chi connectivity index (χ0v) is 15.5. The molecular weight excluding hydrogens is 324 g/mol. The zero-order valence-electron chi connectivity index (χ0n) is 14.7. The molecule has 2 aromatic heterocycles. The van der Waals surface area contributed by atoms with Crippen molar-refractivity contribution in [2.24, 2.45) is 4.99 Å². The van der Waals surface area contributed by atoms with Gasteiger partial charge in [0.15, 0.2) is 5.96 Å². The monoisotopic (exact) mass is 350 g/mol. The van der Waals surface area contributed by atoms with Gasteiger partial charge in [-0.3, -0.25) is 0 Å². The van der Waals surface area contributed by atoms with E-state index in [-0.39, 0.29) is 0 Å². The standard InChI is InChI=1S/C17H26N4O2S/c1-5-13-9-19-15(24-13)10-20-16(18-6-2)21-11-17(4,22)14-8-7-12(3)23-14/h7-9,22H,5-6,10-11H2,1-4H3,(H2,18,20,21). The Morgan fingerprint density at radius 3 is 2.75 bits per heavy atom. The number of guanidine groups is 1. The molecule has 2 rings (SSSR count). The fourth-order valence-corrected chi connectivity index (χ4v) is 2.93. The molecule has 0 saturated carbocycles. The van der Waals surface area contributed by atoms with Gasteiger partial charge in [0.05, 0.1) is 13.1 Å². The summed E-state index contributed by atoms with van der Waals surface area (Å²) in [7, 11) is 0. The lowest BCUT2D eigenvalue weighted by Crippen LogP contribution is -2.44. The van der Waals surface area contributed by atoms with Crippen LogP contribution in [-0.4, -0.2) is 29.1 Å². The third kappa shape index (κ3) is 5.07. The normalized spacial score (nSPS) is 14.5. The molecule has 6 nitrogen and oxygen atoms in total. The first kappa shape index (κ1) is 18.5. The van der Waals surface area contributed by atoms with Crippen LogP contribution in [0.5, 0.6) is 0 Å². The van der Waals surface area contributed by atoms with Gasteiger partial charge in [0.25, 0.3) is 0 Å². The van der Waals surface area contributed by atoms with Gasteiger partial charge >= 0.3 is 0 Å². The predicted molar refractivity (Wildman–Crippen MR) is 97.3 cm³/mol. The number of furan rings is 1. The average molecular weight is 350 g/mol. The van der Waals surface area contributed by atoms with Crippen molar-refractivity contribution in [2.45, 2.75) is 46.3 Å². The van der Waals surface area contributed by atoms with Crippen molar-refractivity contribution in [2.75, 3.05) is 13.1 Å². The molecule has 0 aromatic carbocycles. The van der Waals surface area contributed by atoms with E-state index in [0.29, 0.717) is 24.8 Å². The largest absolute Gasteiger partial charge is 0.463 e. The highest BCUT2D eigenvalue weighted by molar-refractivity contribution is 7.11. The SMILES string of the molecule is CCNC(=NCc1ncc(CC)s1)NCC(C)(O)c1ccc(C)o1. The number of aliphatic imine (C=N–C) groups is 1. The number of aromatic nitrogens is 1. The number of nitrogens with zero attached hydrogens (tertiary/aromatic N) is 2. The molecule has 0 bridgehead atoms. The topological polar surface area (TPSA) is 82.7 Å².